The van der Waals surface area contributed by atoms with E-state index in [1.165, 1.54) is 12.1 Å². The number of carbonyl (C=O) groups excluding carboxylic acids is 1. The minimum absolute atomic E-state index is 0.0268. The van der Waals surface area contributed by atoms with E-state index in [2.05, 4.69) is 27.2 Å². The SMILES string of the molecule is Cc1ccc(C)n1-c1ccc(OCc2ccc(C(=O)N/N=C/c3cc([N+](=O)[O-])ccc3OCC(=O)O)o2)cc1. The maximum absolute atomic E-state index is 12.4. The Morgan fingerprint density at radius 2 is 1.77 bits per heavy atom. The zero-order valence-electron chi connectivity index (χ0n) is 21.0. The number of nitro groups is 1. The number of ether oxygens (including phenoxy) is 2. The second-order valence-electron chi connectivity index (χ2n) is 8.36. The van der Waals surface area contributed by atoms with E-state index in [0.717, 1.165) is 35.4 Å². The summed E-state index contributed by atoms with van der Waals surface area (Å²) >= 11 is 0. The number of hydrazone groups is 1. The number of carbonyl (C=O) groups is 2. The first-order valence-corrected chi connectivity index (χ1v) is 11.6. The second kappa shape index (κ2) is 11.8. The summed E-state index contributed by atoms with van der Waals surface area (Å²) in [6.07, 6.45) is 1.11. The summed E-state index contributed by atoms with van der Waals surface area (Å²) in [5.74, 6) is -0.829. The van der Waals surface area contributed by atoms with Gasteiger partial charge in [0.2, 0.25) is 0 Å². The van der Waals surface area contributed by atoms with Gasteiger partial charge in [-0.3, -0.25) is 14.9 Å². The van der Waals surface area contributed by atoms with Gasteiger partial charge in [0.25, 0.3) is 5.69 Å². The molecule has 4 aromatic rings. The third-order valence-electron chi connectivity index (χ3n) is 5.56. The third-order valence-corrected chi connectivity index (χ3v) is 5.56. The van der Waals surface area contributed by atoms with Crippen LogP contribution in [0.4, 0.5) is 5.69 Å². The van der Waals surface area contributed by atoms with E-state index < -0.39 is 23.4 Å². The highest BCUT2D eigenvalue weighted by molar-refractivity contribution is 5.93. The van der Waals surface area contributed by atoms with Crippen LogP contribution in [-0.2, 0) is 11.4 Å². The Kier molecular flexibility index (Phi) is 8.05. The highest BCUT2D eigenvalue weighted by Crippen LogP contribution is 2.23. The number of aromatic nitrogens is 1. The summed E-state index contributed by atoms with van der Waals surface area (Å²) in [6.45, 7) is 3.51. The van der Waals surface area contributed by atoms with Crippen LogP contribution in [0.3, 0.4) is 0 Å². The molecule has 2 aromatic heterocycles. The van der Waals surface area contributed by atoms with E-state index in [-0.39, 0.29) is 29.4 Å². The van der Waals surface area contributed by atoms with Crippen LogP contribution in [0.25, 0.3) is 5.69 Å². The molecule has 0 radical (unpaired) electrons. The van der Waals surface area contributed by atoms with Crippen molar-refractivity contribution >= 4 is 23.8 Å². The molecule has 0 spiro atoms. The molecule has 2 heterocycles. The van der Waals surface area contributed by atoms with Gasteiger partial charge in [-0.2, -0.15) is 5.10 Å². The molecule has 0 bridgehead atoms. The van der Waals surface area contributed by atoms with E-state index >= 15 is 0 Å². The van der Waals surface area contributed by atoms with Gasteiger partial charge in [-0.1, -0.05) is 0 Å². The lowest BCUT2D eigenvalue weighted by Crippen LogP contribution is -2.17. The first-order valence-electron chi connectivity index (χ1n) is 11.6. The van der Waals surface area contributed by atoms with Gasteiger partial charge in [-0.25, -0.2) is 10.2 Å². The number of nitrogens with one attached hydrogen (secondary N) is 1. The van der Waals surface area contributed by atoms with Crippen LogP contribution >= 0.6 is 0 Å². The molecule has 2 N–H and O–H groups in total. The van der Waals surface area contributed by atoms with E-state index in [1.54, 1.807) is 6.07 Å². The molecule has 0 aliphatic carbocycles. The number of benzene rings is 2. The fourth-order valence-corrected chi connectivity index (χ4v) is 3.74. The van der Waals surface area contributed by atoms with Gasteiger partial charge in [-0.05, 0) is 68.4 Å². The number of non-ortho nitro benzene ring substituents is 1. The maximum Gasteiger partial charge on any atom is 0.341 e. The lowest BCUT2D eigenvalue weighted by Gasteiger charge is -2.10. The van der Waals surface area contributed by atoms with E-state index in [1.807, 2.05) is 38.1 Å². The molecule has 0 aliphatic rings. The van der Waals surface area contributed by atoms with Crippen molar-refractivity contribution in [2.24, 2.45) is 5.10 Å². The number of carboxylic acid groups (broad SMARTS) is 1. The Morgan fingerprint density at radius 3 is 2.44 bits per heavy atom. The van der Waals surface area contributed by atoms with Gasteiger partial charge >= 0.3 is 11.9 Å². The summed E-state index contributed by atoms with van der Waals surface area (Å²) < 4.78 is 18.5. The van der Waals surface area contributed by atoms with Gasteiger partial charge < -0.3 is 23.6 Å². The number of furan rings is 1. The van der Waals surface area contributed by atoms with Crippen LogP contribution in [-0.4, -0.2) is 39.3 Å². The second-order valence-corrected chi connectivity index (χ2v) is 8.36. The van der Waals surface area contributed by atoms with Crippen LogP contribution in [0.2, 0.25) is 0 Å². The zero-order valence-corrected chi connectivity index (χ0v) is 21.0. The fraction of sp³-hybridized carbons (Fsp3) is 0.148. The van der Waals surface area contributed by atoms with Crippen LogP contribution in [0, 0.1) is 24.0 Å². The Morgan fingerprint density at radius 1 is 1.05 bits per heavy atom. The Balaban J connectivity index is 1.35. The number of aliphatic carboxylic acids is 1. The predicted molar refractivity (Wildman–Crippen MR) is 140 cm³/mol. The molecule has 0 atom stereocenters. The molecule has 1 amide bonds. The molecule has 12 heteroatoms. The van der Waals surface area contributed by atoms with Crippen LogP contribution in [0.5, 0.6) is 11.5 Å². The number of carboxylic acids is 1. The lowest BCUT2D eigenvalue weighted by atomic mass is 10.2. The number of nitro benzene ring substituents is 1. The van der Waals surface area contributed by atoms with Crippen molar-refractivity contribution in [2.45, 2.75) is 20.5 Å². The standard InChI is InChI=1S/C27H24N4O8/c1-17-3-4-18(2)30(17)20-5-8-22(9-6-20)37-15-23-10-12-25(39-23)27(34)29-28-14-19-13-21(31(35)36)7-11-24(19)38-16-26(32)33/h3-14H,15-16H2,1-2H3,(H,29,34)(H,32,33)/b28-14+. The van der Waals surface area contributed by atoms with E-state index in [9.17, 15) is 19.7 Å². The normalized spacial score (nSPS) is 10.9. The average molecular weight is 533 g/mol. The molecule has 39 heavy (non-hydrogen) atoms. The van der Waals surface area contributed by atoms with Gasteiger partial charge in [0.05, 0.1) is 11.1 Å². The quantitative estimate of drug-likeness (QED) is 0.163. The average Bonchev–Trinajstić information content (AvgIpc) is 3.53. The monoisotopic (exact) mass is 532 g/mol. The van der Waals surface area contributed by atoms with Crippen molar-refractivity contribution in [3.05, 3.63) is 105 Å². The minimum Gasteiger partial charge on any atom is -0.486 e. The minimum atomic E-state index is -1.22. The van der Waals surface area contributed by atoms with Crippen molar-refractivity contribution in [1.82, 2.24) is 9.99 Å². The lowest BCUT2D eigenvalue weighted by molar-refractivity contribution is -0.384. The molecule has 200 valence electrons. The number of aryl methyl sites for hydroxylation is 2. The van der Waals surface area contributed by atoms with Crippen molar-refractivity contribution in [3.8, 4) is 17.2 Å². The first-order chi connectivity index (χ1) is 18.7. The molecule has 0 saturated carbocycles. The van der Waals surface area contributed by atoms with Gasteiger partial charge in [0.1, 0.15) is 23.9 Å². The molecule has 0 aliphatic heterocycles. The first kappa shape index (κ1) is 26.7. The Bertz CT molecular complexity index is 1520. The molecule has 4 rings (SSSR count). The fourth-order valence-electron chi connectivity index (χ4n) is 3.74. The zero-order chi connectivity index (χ0) is 27.9. The molecule has 0 saturated heterocycles. The molecule has 0 unspecified atom stereocenters. The molecule has 2 aromatic carbocycles. The molecule has 12 nitrogen and oxygen atoms in total. The summed E-state index contributed by atoms with van der Waals surface area (Å²) in [6, 6.07) is 18.3. The highest BCUT2D eigenvalue weighted by atomic mass is 16.6. The smallest absolute Gasteiger partial charge is 0.341 e. The van der Waals surface area contributed by atoms with Crippen LogP contribution in [0.1, 0.15) is 33.3 Å². The van der Waals surface area contributed by atoms with Crippen LogP contribution < -0.4 is 14.9 Å². The number of nitrogens with zero attached hydrogens (tertiary/aromatic N) is 3. The van der Waals surface area contributed by atoms with E-state index in [4.69, 9.17) is 19.0 Å². The van der Waals surface area contributed by atoms with Gasteiger partial charge in [-0.15, -0.1) is 0 Å². The summed E-state index contributed by atoms with van der Waals surface area (Å²) in [5.41, 5.74) is 5.38. The molecular weight excluding hydrogens is 508 g/mol. The van der Waals surface area contributed by atoms with Crippen molar-refractivity contribution in [1.29, 1.82) is 0 Å². The number of hydrogen-bond acceptors (Lipinski definition) is 8. The van der Waals surface area contributed by atoms with Gasteiger partial charge in [0, 0.05) is 34.8 Å². The topological polar surface area (TPSA) is 158 Å². The van der Waals surface area contributed by atoms with Crippen LogP contribution in [0.15, 0.2) is 76.2 Å². The largest absolute Gasteiger partial charge is 0.486 e. The third kappa shape index (κ3) is 6.68. The summed E-state index contributed by atoms with van der Waals surface area (Å²) in [4.78, 5) is 33.6. The Labute approximate surface area is 222 Å². The van der Waals surface area contributed by atoms with Crippen molar-refractivity contribution in [3.63, 3.8) is 0 Å². The number of amides is 1. The summed E-state index contributed by atoms with van der Waals surface area (Å²) in [5, 5.41) is 23.7. The van der Waals surface area contributed by atoms with Gasteiger partial charge in [0.15, 0.2) is 12.4 Å². The number of rotatable bonds is 11. The maximum atomic E-state index is 12.4. The number of hydrogen-bond donors (Lipinski definition) is 2. The molecule has 0 fully saturated rings. The predicted octanol–water partition coefficient (Wildman–Crippen LogP) is 4.40. The Hall–Kier alpha value is -5.39. The van der Waals surface area contributed by atoms with E-state index in [0.29, 0.717) is 11.5 Å². The highest BCUT2D eigenvalue weighted by Gasteiger charge is 2.14. The van der Waals surface area contributed by atoms with Crippen molar-refractivity contribution < 1.29 is 33.5 Å². The molecular formula is C27H24N4O8. The summed E-state index contributed by atoms with van der Waals surface area (Å²) in [7, 11) is 0. The van der Waals surface area contributed by atoms with Crippen molar-refractivity contribution in [2.75, 3.05) is 6.61 Å².